The molecule has 8 heteroatoms. The largest absolute Gasteiger partial charge is 0.457 e. The summed E-state index contributed by atoms with van der Waals surface area (Å²) in [7, 11) is 0. The number of benzene rings is 3. The predicted molar refractivity (Wildman–Crippen MR) is 135 cm³/mol. The van der Waals surface area contributed by atoms with Crippen LogP contribution in [0.3, 0.4) is 0 Å². The number of carbonyl (C=O) groups is 1. The summed E-state index contributed by atoms with van der Waals surface area (Å²) in [6.07, 6.45) is 1.47. The molecule has 0 unspecified atom stereocenters. The topological polar surface area (TPSA) is 120 Å². The fraction of sp³-hybridized carbons (Fsp3) is 0.0714. The molecule has 36 heavy (non-hydrogen) atoms. The van der Waals surface area contributed by atoms with Gasteiger partial charge in [0.1, 0.15) is 34.8 Å². The van der Waals surface area contributed by atoms with E-state index in [-0.39, 0.29) is 0 Å². The van der Waals surface area contributed by atoms with E-state index in [1.165, 1.54) is 6.20 Å². The number of amides is 2. The van der Waals surface area contributed by atoms with Crippen molar-refractivity contribution in [3.8, 4) is 35.1 Å². The van der Waals surface area contributed by atoms with Crippen LogP contribution in [0, 0.1) is 36.5 Å². The van der Waals surface area contributed by atoms with Crippen LogP contribution in [0.15, 0.2) is 79.0 Å². The van der Waals surface area contributed by atoms with Gasteiger partial charge in [0, 0.05) is 23.5 Å². The Bertz CT molecular complexity index is 1370. The molecule has 0 aliphatic heterocycles. The van der Waals surface area contributed by atoms with E-state index in [1.807, 2.05) is 32.0 Å². The van der Waals surface area contributed by atoms with Crippen molar-refractivity contribution in [2.75, 3.05) is 10.6 Å². The summed E-state index contributed by atoms with van der Waals surface area (Å²) in [5.74, 6) is 2.20. The van der Waals surface area contributed by atoms with E-state index in [4.69, 9.17) is 20.0 Å². The summed E-state index contributed by atoms with van der Waals surface area (Å²) >= 11 is 0. The Kier molecular flexibility index (Phi) is 7.09. The van der Waals surface area contributed by atoms with Gasteiger partial charge in [0.25, 0.3) is 0 Å². The SMILES string of the molecule is Cc1ccc(NC(=O)Nc2ccc(C)c(Oc3ccc(C#N)nc3)c2)cc1Oc1ccc(C#N)cc1. The highest BCUT2D eigenvalue weighted by molar-refractivity contribution is 6.00. The maximum atomic E-state index is 12.7. The van der Waals surface area contributed by atoms with E-state index in [0.29, 0.717) is 45.6 Å². The minimum Gasteiger partial charge on any atom is -0.457 e. The third kappa shape index (κ3) is 5.96. The lowest BCUT2D eigenvalue weighted by Gasteiger charge is -2.13. The number of ether oxygens (including phenoxy) is 2. The number of nitrogens with one attached hydrogen (secondary N) is 2. The van der Waals surface area contributed by atoms with Crippen molar-refractivity contribution < 1.29 is 14.3 Å². The van der Waals surface area contributed by atoms with Crippen molar-refractivity contribution in [3.05, 3.63) is 101 Å². The maximum absolute atomic E-state index is 12.7. The first-order chi connectivity index (χ1) is 17.4. The molecule has 1 heterocycles. The first kappa shape index (κ1) is 23.8. The Hall–Kier alpha value is -5.34. The Morgan fingerprint density at radius 2 is 1.31 bits per heavy atom. The van der Waals surface area contributed by atoms with Gasteiger partial charge in [-0.2, -0.15) is 10.5 Å². The number of nitrogens with zero attached hydrogens (tertiary/aromatic N) is 3. The molecule has 4 rings (SSSR count). The zero-order chi connectivity index (χ0) is 25.5. The molecule has 0 bridgehead atoms. The third-order valence-electron chi connectivity index (χ3n) is 5.18. The summed E-state index contributed by atoms with van der Waals surface area (Å²) in [5, 5.41) is 23.4. The van der Waals surface area contributed by atoms with E-state index in [9.17, 15) is 4.79 Å². The highest BCUT2D eigenvalue weighted by atomic mass is 16.5. The number of hydrogen-bond acceptors (Lipinski definition) is 6. The molecule has 0 saturated heterocycles. The van der Waals surface area contributed by atoms with Crippen molar-refractivity contribution in [1.82, 2.24) is 4.98 Å². The average Bonchev–Trinajstić information content (AvgIpc) is 2.89. The van der Waals surface area contributed by atoms with Gasteiger partial charge in [-0.15, -0.1) is 0 Å². The lowest BCUT2D eigenvalue weighted by Crippen LogP contribution is -2.19. The molecular formula is C28H21N5O3. The standard InChI is InChI=1S/C28H21N5O3/c1-18-3-7-21(13-26(18)35-24-10-5-20(15-29)6-11-24)32-28(34)33-22-8-4-19(2)27(14-22)36-25-12-9-23(16-30)31-17-25/h3-14,17H,1-2H3,(H2,32,33,34). The fourth-order valence-electron chi connectivity index (χ4n) is 3.23. The van der Waals surface area contributed by atoms with Crippen molar-refractivity contribution in [3.63, 3.8) is 0 Å². The number of anilines is 2. The van der Waals surface area contributed by atoms with Gasteiger partial charge in [0.05, 0.1) is 17.8 Å². The van der Waals surface area contributed by atoms with Crippen LogP contribution < -0.4 is 20.1 Å². The smallest absolute Gasteiger partial charge is 0.323 e. The van der Waals surface area contributed by atoms with E-state index in [0.717, 1.165) is 11.1 Å². The highest BCUT2D eigenvalue weighted by Gasteiger charge is 2.10. The van der Waals surface area contributed by atoms with Gasteiger partial charge in [-0.25, -0.2) is 9.78 Å². The van der Waals surface area contributed by atoms with Gasteiger partial charge in [0.2, 0.25) is 0 Å². The summed E-state index contributed by atoms with van der Waals surface area (Å²) in [6, 6.07) is 24.3. The fourth-order valence-corrected chi connectivity index (χ4v) is 3.23. The molecule has 0 spiro atoms. The van der Waals surface area contributed by atoms with E-state index < -0.39 is 6.03 Å². The number of urea groups is 1. The van der Waals surface area contributed by atoms with Crippen molar-refractivity contribution >= 4 is 17.4 Å². The molecule has 1 aromatic heterocycles. The van der Waals surface area contributed by atoms with E-state index in [1.54, 1.807) is 60.7 Å². The van der Waals surface area contributed by atoms with Crippen molar-refractivity contribution in [2.24, 2.45) is 0 Å². The third-order valence-corrected chi connectivity index (χ3v) is 5.18. The molecule has 0 saturated carbocycles. The number of rotatable bonds is 6. The van der Waals surface area contributed by atoms with Crippen LogP contribution in [0.4, 0.5) is 16.2 Å². The first-order valence-corrected chi connectivity index (χ1v) is 10.9. The number of hydrogen-bond donors (Lipinski definition) is 2. The number of carbonyl (C=O) groups excluding carboxylic acids is 1. The second-order valence-corrected chi connectivity index (χ2v) is 7.87. The number of pyridine rings is 1. The molecule has 3 aromatic carbocycles. The molecule has 176 valence electrons. The highest BCUT2D eigenvalue weighted by Crippen LogP contribution is 2.30. The lowest BCUT2D eigenvalue weighted by molar-refractivity contribution is 0.262. The van der Waals surface area contributed by atoms with Gasteiger partial charge in [0.15, 0.2) is 0 Å². The van der Waals surface area contributed by atoms with Crippen LogP contribution in [-0.2, 0) is 0 Å². The molecule has 2 amide bonds. The van der Waals surface area contributed by atoms with Gasteiger partial charge < -0.3 is 20.1 Å². The summed E-state index contributed by atoms with van der Waals surface area (Å²) < 4.78 is 11.8. The van der Waals surface area contributed by atoms with Gasteiger partial charge >= 0.3 is 6.03 Å². The molecule has 0 radical (unpaired) electrons. The van der Waals surface area contributed by atoms with Crippen LogP contribution >= 0.6 is 0 Å². The quantitative estimate of drug-likeness (QED) is 0.321. The van der Waals surface area contributed by atoms with Crippen LogP contribution in [-0.4, -0.2) is 11.0 Å². The minimum absolute atomic E-state index is 0.299. The minimum atomic E-state index is -0.432. The lowest BCUT2D eigenvalue weighted by atomic mass is 10.2. The second-order valence-electron chi connectivity index (χ2n) is 7.87. The Morgan fingerprint density at radius 1 is 0.750 bits per heavy atom. The Balaban J connectivity index is 1.43. The second kappa shape index (κ2) is 10.7. The summed E-state index contributed by atoms with van der Waals surface area (Å²) in [6.45, 7) is 3.79. The normalized spacial score (nSPS) is 10.0. The molecule has 0 aliphatic carbocycles. The van der Waals surface area contributed by atoms with E-state index in [2.05, 4.69) is 21.7 Å². The molecule has 0 aliphatic rings. The van der Waals surface area contributed by atoms with Gasteiger partial charge in [-0.1, -0.05) is 12.1 Å². The molecule has 8 nitrogen and oxygen atoms in total. The van der Waals surface area contributed by atoms with Crippen LogP contribution in [0.5, 0.6) is 23.0 Å². The molecule has 0 fully saturated rings. The number of nitriles is 2. The van der Waals surface area contributed by atoms with Gasteiger partial charge in [-0.3, -0.25) is 0 Å². The van der Waals surface area contributed by atoms with Crippen LogP contribution in [0.25, 0.3) is 0 Å². The monoisotopic (exact) mass is 475 g/mol. The molecule has 2 N–H and O–H groups in total. The maximum Gasteiger partial charge on any atom is 0.323 e. The average molecular weight is 476 g/mol. The van der Waals surface area contributed by atoms with Gasteiger partial charge in [-0.05, 0) is 73.5 Å². The first-order valence-electron chi connectivity index (χ1n) is 10.9. The van der Waals surface area contributed by atoms with Crippen LogP contribution in [0.1, 0.15) is 22.4 Å². The number of aryl methyl sites for hydroxylation is 2. The van der Waals surface area contributed by atoms with E-state index >= 15 is 0 Å². The Labute approximate surface area is 208 Å². The molecule has 0 atom stereocenters. The Morgan fingerprint density at radius 3 is 1.81 bits per heavy atom. The zero-order valence-electron chi connectivity index (χ0n) is 19.6. The predicted octanol–water partition coefficient (Wildman–Crippen LogP) is 6.67. The van der Waals surface area contributed by atoms with Crippen LogP contribution in [0.2, 0.25) is 0 Å². The molecular weight excluding hydrogens is 454 g/mol. The van der Waals surface area contributed by atoms with Crippen molar-refractivity contribution in [1.29, 1.82) is 10.5 Å². The summed E-state index contributed by atoms with van der Waals surface area (Å²) in [4.78, 5) is 16.7. The number of aromatic nitrogens is 1. The van der Waals surface area contributed by atoms with Crippen molar-refractivity contribution in [2.45, 2.75) is 13.8 Å². The summed E-state index contributed by atoms with van der Waals surface area (Å²) in [5.41, 5.74) is 3.69. The molecule has 4 aromatic rings. The zero-order valence-corrected chi connectivity index (χ0v) is 19.6.